The number of hydrogen-bond acceptors (Lipinski definition) is 5. The molecule has 4 fully saturated rings. The van der Waals surface area contributed by atoms with Crippen molar-refractivity contribution in [2.45, 2.75) is 80.1 Å². The van der Waals surface area contributed by atoms with E-state index in [0.29, 0.717) is 6.42 Å². The van der Waals surface area contributed by atoms with Crippen molar-refractivity contribution >= 4 is 33.7 Å². The van der Waals surface area contributed by atoms with Gasteiger partial charge in [-0.3, -0.25) is 14.4 Å². The number of nitrogens with one attached hydrogen (secondary N) is 2. The third-order valence-electron chi connectivity index (χ3n) is 7.22. The van der Waals surface area contributed by atoms with Crippen LogP contribution in [0.1, 0.15) is 45.4 Å². The van der Waals surface area contributed by atoms with Gasteiger partial charge in [-0.1, -0.05) is 35.2 Å². The molecule has 2 bridgehead atoms. The Labute approximate surface area is 179 Å². The molecule has 0 radical (unpaired) electrons. The van der Waals surface area contributed by atoms with E-state index < -0.39 is 35.6 Å². The van der Waals surface area contributed by atoms with Crippen LogP contribution in [0.25, 0.3) is 0 Å². The quantitative estimate of drug-likeness (QED) is 0.500. The van der Waals surface area contributed by atoms with Gasteiger partial charge in [-0.25, -0.2) is 0 Å². The van der Waals surface area contributed by atoms with E-state index in [2.05, 4.69) is 26.6 Å². The number of hydrogen-bond donors (Lipinski definition) is 3. The van der Waals surface area contributed by atoms with Crippen molar-refractivity contribution in [1.29, 1.82) is 0 Å². The van der Waals surface area contributed by atoms with Gasteiger partial charge < -0.3 is 25.4 Å². The summed E-state index contributed by atoms with van der Waals surface area (Å²) in [5.41, 5.74) is -1.05. The molecule has 1 spiro atoms. The van der Waals surface area contributed by atoms with E-state index in [0.717, 1.165) is 25.7 Å². The van der Waals surface area contributed by atoms with Gasteiger partial charge in [-0.05, 0) is 26.2 Å². The lowest BCUT2D eigenvalue weighted by atomic mass is 9.70. The van der Waals surface area contributed by atoms with E-state index in [1.54, 1.807) is 14.0 Å². The van der Waals surface area contributed by atoms with Crippen LogP contribution in [0.2, 0.25) is 0 Å². The summed E-state index contributed by atoms with van der Waals surface area (Å²) in [6, 6.07) is -1.28. The second-order valence-corrected chi connectivity index (χ2v) is 10.1. The van der Waals surface area contributed by atoms with Crippen molar-refractivity contribution < 1.29 is 24.2 Å². The first-order chi connectivity index (χ1) is 13.9. The van der Waals surface area contributed by atoms with E-state index in [4.69, 9.17) is 4.74 Å². The molecule has 3 unspecified atom stereocenters. The molecule has 0 aromatic heterocycles. The summed E-state index contributed by atoms with van der Waals surface area (Å²) in [5, 5.41) is 15.6. The Morgan fingerprint density at radius 1 is 1.31 bits per heavy atom. The van der Waals surface area contributed by atoms with Crippen molar-refractivity contribution in [3.8, 4) is 0 Å². The molecule has 3 saturated heterocycles. The van der Waals surface area contributed by atoms with Gasteiger partial charge in [-0.15, -0.1) is 0 Å². The van der Waals surface area contributed by atoms with Crippen molar-refractivity contribution in [2.24, 2.45) is 11.8 Å². The van der Waals surface area contributed by atoms with Gasteiger partial charge in [-0.2, -0.15) is 0 Å². The minimum absolute atomic E-state index is 0.0983. The number of rotatable bonds is 5. The molecule has 162 valence electrons. The average molecular weight is 472 g/mol. The smallest absolute Gasteiger partial charge is 0.246 e. The maximum atomic E-state index is 13.5. The monoisotopic (exact) mass is 471 g/mol. The Bertz CT molecular complexity index is 700. The highest BCUT2D eigenvalue weighted by Gasteiger charge is 2.76. The molecule has 1 aliphatic carbocycles. The second-order valence-electron chi connectivity index (χ2n) is 8.90. The Balaban J connectivity index is 1.70. The highest BCUT2D eigenvalue weighted by Crippen LogP contribution is 2.60. The summed E-state index contributed by atoms with van der Waals surface area (Å²) in [7, 11) is 1.55. The highest BCUT2D eigenvalue weighted by atomic mass is 79.9. The lowest BCUT2D eigenvalue weighted by molar-refractivity contribution is -0.145. The average Bonchev–Trinajstić information content (AvgIpc) is 3.31. The molecular weight excluding hydrogens is 442 g/mol. The minimum atomic E-state index is -1.05. The molecule has 0 aromatic carbocycles. The molecule has 4 aliphatic rings. The molecule has 7 atom stereocenters. The van der Waals surface area contributed by atoms with Crippen LogP contribution in [0.15, 0.2) is 0 Å². The Hall–Kier alpha value is -1.19. The molecule has 8 nitrogen and oxygen atoms in total. The van der Waals surface area contributed by atoms with Crippen LogP contribution < -0.4 is 10.6 Å². The Morgan fingerprint density at radius 3 is 2.62 bits per heavy atom. The van der Waals surface area contributed by atoms with Crippen LogP contribution in [0.3, 0.4) is 0 Å². The zero-order chi connectivity index (χ0) is 20.9. The number of aliphatic hydroxyl groups excluding tert-OH is 1. The first-order valence-electron chi connectivity index (χ1n) is 10.6. The van der Waals surface area contributed by atoms with Crippen molar-refractivity contribution in [1.82, 2.24) is 15.5 Å². The van der Waals surface area contributed by atoms with Crippen molar-refractivity contribution in [3.05, 3.63) is 0 Å². The lowest BCUT2D eigenvalue weighted by Gasteiger charge is -2.37. The number of halogens is 1. The zero-order valence-electron chi connectivity index (χ0n) is 16.9. The lowest BCUT2D eigenvalue weighted by Crippen LogP contribution is -2.59. The summed E-state index contributed by atoms with van der Waals surface area (Å²) in [6.07, 6.45) is 5.25. The molecule has 1 saturated carbocycles. The molecule has 4 rings (SSSR count). The fraction of sp³-hybridized carbons (Fsp3) is 0.850. The van der Waals surface area contributed by atoms with E-state index in [1.165, 1.54) is 11.3 Å². The molecule has 3 amide bonds. The van der Waals surface area contributed by atoms with Gasteiger partial charge >= 0.3 is 0 Å². The van der Waals surface area contributed by atoms with Gasteiger partial charge in [0.05, 0.1) is 30.6 Å². The molecule has 3 aliphatic heterocycles. The molecular formula is C20H30BrN3O5. The Kier molecular flexibility index (Phi) is 5.67. The summed E-state index contributed by atoms with van der Waals surface area (Å²) in [5.74, 6) is -2.11. The number of ether oxygens (including phenoxy) is 1. The maximum absolute atomic E-state index is 13.5. The molecule has 0 aromatic rings. The zero-order valence-corrected chi connectivity index (χ0v) is 18.5. The Morgan fingerprint density at radius 2 is 2.00 bits per heavy atom. The van der Waals surface area contributed by atoms with Crippen LogP contribution >= 0.6 is 15.9 Å². The van der Waals surface area contributed by atoms with Gasteiger partial charge in [0, 0.05) is 17.9 Å². The molecule has 3 N–H and O–H groups in total. The van der Waals surface area contributed by atoms with Gasteiger partial charge in [0.15, 0.2) is 0 Å². The number of carbonyl (C=O) groups excluding carboxylic acids is 3. The fourth-order valence-electron chi connectivity index (χ4n) is 5.92. The summed E-state index contributed by atoms with van der Waals surface area (Å²) >= 11 is 3.62. The van der Waals surface area contributed by atoms with E-state index >= 15 is 0 Å². The number of alkyl halides is 1. The van der Waals surface area contributed by atoms with Crippen molar-refractivity contribution in [2.75, 3.05) is 13.7 Å². The topological polar surface area (TPSA) is 108 Å². The normalized spacial score (nSPS) is 40.1. The maximum Gasteiger partial charge on any atom is 0.246 e. The van der Waals surface area contributed by atoms with Crippen LogP contribution in [-0.2, 0) is 19.1 Å². The van der Waals surface area contributed by atoms with Crippen LogP contribution in [0, 0.1) is 11.8 Å². The van der Waals surface area contributed by atoms with E-state index in [1.807, 2.05) is 0 Å². The number of carbonyl (C=O) groups is 3. The van der Waals surface area contributed by atoms with Gasteiger partial charge in [0.1, 0.15) is 11.6 Å². The van der Waals surface area contributed by atoms with E-state index in [9.17, 15) is 19.5 Å². The number of aliphatic hydroxyl groups is 1. The predicted octanol–water partition coefficient (Wildman–Crippen LogP) is 0.310. The minimum Gasteiger partial charge on any atom is -0.394 e. The van der Waals surface area contributed by atoms with Crippen LogP contribution in [0.4, 0.5) is 0 Å². The summed E-state index contributed by atoms with van der Waals surface area (Å²) in [6.45, 7) is 1.47. The van der Waals surface area contributed by atoms with Gasteiger partial charge in [0.2, 0.25) is 17.7 Å². The fourth-order valence-corrected chi connectivity index (χ4v) is 6.87. The number of amides is 3. The molecule has 29 heavy (non-hydrogen) atoms. The van der Waals surface area contributed by atoms with Crippen LogP contribution in [-0.4, -0.2) is 76.0 Å². The molecule has 3 heterocycles. The van der Waals surface area contributed by atoms with Crippen molar-refractivity contribution in [3.63, 3.8) is 0 Å². The standard InChI is InChI=1S/C20H30BrN3O5/c1-10(9-25)24-16(18(27)23-11-6-4-3-5-7-11)20-8-12(21)15(29-20)13(17(26)22-2)14(20)19(24)28/h10-16,25H,3-9H2,1-2H3,(H,22,26)(H,23,27)/t10-,12?,13-,14+,15-,16?,20?/m1/s1. The van der Waals surface area contributed by atoms with Gasteiger partial charge in [0.25, 0.3) is 0 Å². The van der Waals surface area contributed by atoms with Crippen LogP contribution in [0.5, 0.6) is 0 Å². The number of fused-ring (bicyclic) bond motifs is 1. The third-order valence-corrected chi connectivity index (χ3v) is 8.06. The largest absolute Gasteiger partial charge is 0.394 e. The predicted molar refractivity (Wildman–Crippen MR) is 108 cm³/mol. The van der Waals surface area contributed by atoms with E-state index in [-0.39, 0.29) is 35.2 Å². The summed E-state index contributed by atoms with van der Waals surface area (Å²) in [4.78, 5) is 41.0. The first kappa shape index (κ1) is 21.1. The number of nitrogens with zero attached hydrogens (tertiary/aromatic N) is 1. The highest BCUT2D eigenvalue weighted by molar-refractivity contribution is 9.09. The SMILES string of the molecule is CNC(=O)[C@H]1[C@@H]2OC3(CC2Br)C(C(=O)NC2CCCCC2)N([C@H](C)CO)C(=O)[C@H]13. The molecule has 9 heteroatoms. The summed E-state index contributed by atoms with van der Waals surface area (Å²) < 4.78 is 6.34. The number of likely N-dealkylation sites (tertiary alicyclic amines) is 1. The second kappa shape index (κ2) is 7.81. The third kappa shape index (κ3) is 3.11. The first-order valence-corrected chi connectivity index (χ1v) is 11.5.